The van der Waals surface area contributed by atoms with Crippen LogP contribution in [0.15, 0.2) is 18.7 Å². The fraction of sp³-hybridized carbons (Fsp3) is 0.519. The van der Waals surface area contributed by atoms with Crippen LogP contribution in [0.4, 0.5) is 23.8 Å². The molecule has 41 heavy (non-hydrogen) atoms. The number of aryl methyl sites for hydroxylation is 2. The fourth-order valence-corrected chi connectivity index (χ4v) is 5.75. The molecule has 0 aliphatic heterocycles. The Labute approximate surface area is 234 Å². The number of aromatic nitrogens is 8. The summed E-state index contributed by atoms with van der Waals surface area (Å²) in [4.78, 5) is 34.1. The van der Waals surface area contributed by atoms with Gasteiger partial charge in [0.05, 0.1) is 22.4 Å². The molecule has 0 amide bonds. The van der Waals surface area contributed by atoms with E-state index in [1.807, 2.05) is 11.5 Å². The van der Waals surface area contributed by atoms with Crippen molar-refractivity contribution in [2.24, 2.45) is 5.41 Å². The summed E-state index contributed by atoms with van der Waals surface area (Å²) in [6.45, 7) is 10.1. The number of carboxylic acid groups (broad SMARTS) is 1. The highest BCUT2D eigenvalue weighted by Gasteiger charge is 2.57. The molecule has 5 rings (SSSR count). The molecule has 0 bridgehead atoms. The van der Waals surface area contributed by atoms with Crippen molar-refractivity contribution in [1.29, 1.82) is 0 Å². The second-order valence-electron chi connectivity index (χ2n) is 11.2. The van der Waals surface area contributed by atoms with Crippen LogP contribution in [0.25, 0.3) is 22.6 Å². The van der Waals surface area contributed by atoms with Crippen LogP contribution in [-0.2, 0) is 13.0 Å². The first-order valence-corrected chi connectivity index (χ1v) is 13.4. The lowest BCUT2D eigenvalue weighted by Gasteiger charge is -2.44. The van der Waals surface area contributed by atoms with E-state index >= 15 is 0 Å². The van der Waals surface area contributed by atoms with Gasteiger partial charge in [0, 0.05) is 36.5 Å². The van der Waals surface area contributed by atoms with Crippen LogP contribution >= 0.6 is 0 Å². The monoisotopic (exact) mass is 571 g/mol. The van der Waals surface area contributed by atoms with Crippen molar-refractivity contribution in [1.82, 2.24) is 39.3 Å². The van der Waals surface area contributed by atoms with E-state index in [2.05, 4.69) is 30.4 Å². The summed E-state index contributed by atoms with van der Waals surface area (Å²) in [6.07, 6.45) is -0.774. The minimum absolute atomic E-state index is 0.228. The standard InChI is InChI=1S/C27H32F3N9O2/c1-7-38-23(15-10-31-14(4)32-11-15)36-21-22(33-12-34-24(21)38)35-16-8-9-17-18(19(16)26(5,6)27(28,29)30)20(13(2)3)37-39(17)25(40)41/h10-13,16,19H,7-9H2,1-6H3,(H,40,41)(H,33,34,35). The first-order chi connectivity index (χ1) is 19.3. The number of nitrogens with one attached hydrogen (secondary N) is 1. The number of rotatable bonds is 6. The van der Waals surface area contributed by atoms with Gasteiger partial charge in [0.2, 0.25) is 0 Å². The Morgan fingerprint density at radius 1 is 1.17 bits per heavy atom. The average Bonchev–Trinajstić information content (AvgIpc) is 3.48. The van der Waals surface area contributed by atoms with Gasteiger partial charge in [-0.05, 0) is 32.6 Å². The topological polar surface area (TPSA) is 137 Å². The van der Waals surface area contributed by atoms with Gasteiger partial charge in [0.15, 0.2) is 17.0 Å². The molecular weight excluding hydrogens is 539 g/mol. The summed E-state index contributed by atoms with van der Waals surface area (Å²) in [5.74, 6) is 0.0237. The van der Waals surface area contributed by atoms with E-state index in [-0.39, 0.29) is 18.8 Å². The molecule has 4 aromatic heterocycles. The van der Waals surface area contributed by atoms with Crippen LogP contribution in [0.3, 0.4) is 0 Å². The molecule has 4 aromatic rings. The Bertz CT molecular complexity index is 1610. The number of carbonyl (C=O) groups is 1. The third-order valence-corrected chi connectivity index (χ3v) is 7.90. The molecule has 0 radical (unpaired) electrons. The van der Waals surface area contributed by atoms with Crippen LogP contribution in [0.5, 0.6) is 0 Å². The summed E-state index contributed by atoms with van der Waals surface area (Å²) >= 11 is 0. The molecule has 218 valence electrons. The minimum Gasteiger partial charge on any atom is -0.463 e. The number of imidazole rings is 1. The zero-order valence-electron chi connectivity index (χ0n) is 23.7. The Balaban J connectivity index is 1.66. The highest BCUT2D eigenvalue weighted by Crippen LogP contribution is 2.54. The third kappa shape index (κ3) is 4.68. The van der Waals surface area contributed by atoms with Crippen molar-refractivity contribution in [2.75, 3.05) is 5.32 Å². The van der Waals surface area contributed by atoms with Gasteiger partial charge in [-0.3, -0.25) is 0 Å². The van der Waals surface area contributed by atoms with E-state index in [0.717, 1.165) is 18.5 Å². The Morgan fingerprint density at radius 2 is 1.85 bits per heavy atom. The van der Waals surface area contributed by atoms with Gasteiger partial charge in [-0.15, -0.1) is 0 Å². The third-order valence-electron chi connectivity index (χ3n) is 7.90. The summed E-state index contributed by atoms with van der Waals surface area (Å²) < 4.78 is 46.7. The number of halogens is 3. The van der Waals surface area contributed by atoms with Gasteiger partial charge in [0.25, 0.3) is 0 Å². The van der Waals surface area contributed by atoms with Gasteiger partial charge in [0.1, 0.15) is 18.0 Å². The lowest BCUT2D eigenvalue weighted by Crippen LogP contribution is -2.48. The van der Waals surface area contributed by atoms with Gasteiger partial charge in [-0.2, -0.15) is 23.0 Å². The van der Waals surface area contributed by atoms with E-state index in [9.17, 15) is 23.1 Å². The summed E-state index contributed by atoms with van der Waals surface area (Å²) in [7, 11) is 0. The van der Waals surface area contributed by atoms with Crippen molar-refractivity contribution >= 4 is 23.1 Å². The largest absolute Gasteiger partial charge is 0.463 e. The molecule has 2 N–H and O–H groups in total. The smallest absolute Gasteiger partial charge is 0.432 e. The van der Waals surface area contributed by atoms with Crippen molar-refractivity contribution in [3.05, 3.63) is 41.5 Å². The maximum atomic E-state index is 14.7. The van der Waals surface area contributed by atoms with E-state index in [4.69, 9.17) is 4.98 Å². The van der Waals surface area contributed by atoms with Gasteiger partial charge < -0.3 is 15.0 Å². The Hall–Kier alpha value is -4.10. The number of hydrogen-bond acceptors (Lipinski definition) is 8. The van der Waals surface area contributed by atoms with Crippen LogP contribution in [0.1, 0.15) is 75.7 Å². The first kappa shape index (κ1) is 28.4. The zero-order valence-corrected chi connectivity index (χ0v) is 23.7. The lowest BCUT2D eigenvalue weighted by atomic mass is 9.65. The van der Waals surface area contributed by atoms with Gasteiger partial charge in [-0.25, -0.2) is 29.7 Å². The number of hydrogen-bond donors (Lipinski definition) is 2. The summed E-state index contributed by atoms with van der Waals surface area (Å²) in [6, 6.07) is -0.751. The van der Waals surface area contributed by atoms with Crippen LogP contribution in [-0.4, -0.2) is 62.7 Å². The molecule has 0 spiro atoms. The van der Waals surface area contributed by atoms with Gasteiger partial charge >= 0.3 is 12.3 Å². The highest BCUT2D eigenvalue weighted by molar-refractivity contribution is 5.86. The normalized spacial score (nSPS) is 17.7. The van der Waals surface area contributed by atoms with Gasteiger partial charge in [-0.1, -0.05) is 27.7 Å². The molecule has 0 saturated heterocycles. The molecule has 0 fully saturated rings. The second kappa shape index (κ2) is 10.1. The fourth-order valence-electron chi connectivity index (χ4n) is 5.75. The highest BCUT2D eigenvalue weighted by atomic mass is 19.4. The molecule has 1 aliphatic rings. The predicted molar refractivity (Wildman–Crippen MR) is 145 cm³/mol. The number of fused-ring (bicyclic) bond motifs is 2. The molecular formula is C27H32F3N9O2. The first-order valence-electron chi connectivity index (χ1n) is 13.4. The maximum absolute atomic E-state index is 14.7. The molecule has 0 aromatic carbocycles. The SMILES string of the molecule is CCn1c(-c2cnc(C)nc2)nc2c(NC3CCc4c(c(C(C)C)nn4C(=O)O)C3C(C)(C)C(F)(F)F)ncnc21. The van der Waals surface area contributed by atoms with Crippen molar-refractivity contribution in [3.63, 3.8) is 0 Å². The van der Waals surface area contributed by atoms with E-state index in [0.29, 0.717) is 57.7 Å². The molecule has 0 saturated carbocycles. The minimum atomic E-state index is -4.59. The van der Waals surface area contributed by atoms with Crippen LogP contribution < -0.4 is 5.32 Å². The quantitative estimate of drug-likeness (QED) is 0.305. The Kier molecular flexibility index (Phi) is 6.98. The molecule has 1 aliphatic carbocycles. The number of alkyl halides is 3. The molecule has 11 nitrogen and oxygen atoms in total. The maximum Gasteiger partial charge on any atom is 0.432 e. The van der Waals surface area contributed by atoms with Crippen LogP contribution in [0, 0.1) is 12.3 Å². The molecule has 4 heterocycles. The predicted octanol–water partition coefficient (Wildman–Crippen LogP) is 5.56. The van der Waals surface area contributed by atoms with E-state index < -0.39 is 29.6 Å². The Morgan fingerprint density at radius 3 is 2.44 bits per heavy atom. The van der Waals surface area contributed by atoms with E-state index in [1.165, 1.54) is 6.33 Å². The second-order valence-corrected chi connectivity index (χ2v) is 11.2. The van der Waals surface area contributed by atoms with E-state index in [1.54, 1.807) is 33.2 Å². The number of nitrogens with zero attached hydrogens (tertiary/aromatic N) is 8. The molecule has 2 atom stereocenters. The number of anilines is 1. The summed E-state index contributed by atoms with van der Waals surface area (Å²) in [5, 5.41) is 17.3. The molecule has 2 unspecified atom stereocenters. The summed E-state index contributed by atoms with van der Waals surface area (Å²) in [5.41, 5.74) is 0.342. The van der Waals surface area contributed by atoms with Crippen molar-refractivity contribution < 1.29 is 23.1 Å². The van der Waals surface area contributed by atoms with Crippen molar-refractivity contribution in [3.8, 4) is 11.4 Å². The van der Waals surface area contributed by atoms with Crippen molar-refractivity contribution in [2.45, 2.75) is 85.0 Å². The molecule has 14 heteroatoms. The lowest BCUT2D eigenvalue weighted by molar-refractivity contribution is -0.221. The van der Waals surface area contributed by atoms with Crippen LogP contribution in [0.2, 0.25) is 0 Å². The zero-order chi connectivity index (χ0) is 29.9. The average molecular weight is 572 g/mol.